The third-order valence-corrected chi connectivity index (χ3v) is 5.86. The number of urea groups is 1. The van der Waals surface area contributed by atoms with Gasteiger partial charge in [0.05, 0.1) is 41.2 Å². The van der Waals surface area contributed by atoms with Gasteiger partial charge in [-0.05, 0) is 48.0 Å². The first kappa shape index (κ1) is 25.5. The molecule has 2 aromatic carbocycles. The molecule has 2 N–H and O–H groups in total. The lowest BCUT2D eigenvalue weighted by Gasteiger charge is -2.15. The van der Waals surface area contributed by atoms with E-state index >= 15 is 0 Å². The lowest BCUT2D eigenvalue weighted by atomic mass is 10.1. The van der Waals surface area contributed by atoms with Crippen LogP contribution in [0.15, 0.2) is 98.0 Å². The standard InChI is InChI=1S/C27H18F3N9O2/c28-27(29,30)18-5-8-23(38-11-2-10-34-38)22(13-18)37-25(40)36-19-14-32-26(33-15-19)41-20-6-3-17(4-7-20)21-16-35-39-12-1-9-31-24(21)39/h1-16H,(H2,36,37,40). The van der Waals surface area contributed by atoms with Crippen LogP contribution in [0, 0.1) is 0 Å². The van der Waals surface area contributed by atoms with Crippen LogP contribution in [0.2, 0.25) is 0 Å². The number of ether oxygens (including phenoxy) is 1. The molecule has 0 aliphatic heterocycles. The van der Waals surface area contributed by atoms with Crippen LogP contribution in [-0.4, -0.2) is 40.4 Å². The van der Waals surface area contributed by atoms with Gasteiger partial charge in [0.25, 0.3) is 0 Å². The van der Waals surface area contributed by atoms with Crippen molar-refractivity contribution in [1.82, 2.24) is 34.3 Å². The average molecular weight is 557 g/mol. The molecule has 0 saturated carbocycles. The number of nitrogens with zero attached hydrogens (tertiary/aromatic N) is 7. The summed E-state index contributed by atoms with van der Waals surface area (Å²) in [5.74, 6) is 0.479. The van der Waals surface area contributed by atoms with E-state index in [4.69, 9.17) is 4.74 Å². The summed E-state index contributed by atoms with van der Waals surface area (Å²) < 4.78 is 48.5. The van der Waals surface area contributed by atoms with E-state index in [1.165, 1.54) is 29.3 Å². The molecule has 204 valence electrons. The van der Waals surface area contributed by atoms with E-state index in [-0.39, 0.29) is 23.1 Å². The van der Waals surface area contributed by atoms with Crippen LogP contribution in [0.4, 0.5) is 29.3 Å². The summed E-state index contributed by atoms with van der Waals surface area (Å²) in [6.45, 7) is 0. The highest BCUT2D eigenvalue weighted by molar-refractivity contribution is 6.00. The van der Waals surface area contributed by atoms with Crippen molar-refractivity contribution in [2.75, 3.05) is 10.6 Å². The summed E-state index contributed by atoms with van der Waals surface area (Å²) >= 11 is 0. The number of rotatable bonds is 6. The Hall–Kier alpha value is -5.79. The molecule has 4 aromatic heterocycles. The fraction of sp³-hybridized carbons (Fsp3) is 0.0370. The van der Waals surface area contributed by atoms with Gasteiger partial charge in [0.15, 0.2) is 5.65 Å². The quantitative estimate of drug-likeness (QED) is 0.264. The maximum absolute atomic E-state index is 13.3. The third-order valence-electron chi connectivity index (χ3n) is 5.86. The molecular weight excluding hydrogens is 539 g/mol. The molecule has 2 amide bonds. The molecule has 6 aromatic rings. The van der Waals surface area contributed by atoms with E-state index in [1.807, 2.05) is 18.3 Å². The lowest BCUT2D eigenvalue weighted by Crippen LogP contribution is -2.21. The molecule has 0 aliphatic carbocycles. The first-order chi connectivity index (χ1) is 19.8. The SMILES string of the molecule is O=C(Nc1cnc(Oc2ccc(-c3cnn4cccnc34)cc2)nc1)Nc1cc(C(F)(F)F)ccc1-n1cccn1. The van der Waals surface area contributed by atoms with Crippen LogP contribution in [0.1, 0.15) is 5.56 Å². The number of halogens is 3. The number of nitrogens with one attached hydrogen (secondary N) is 2. The summed E-state index contributed by atoms with van der Waals surface area (Å²) in [6, 6.07) is 12.8. The van der Waals surface area contributed by atoms with Crippen molar-refractivity contribution in [2.24, 2.45) is 0 Å². The summed E-state index contributed by atoms with van der Waals surface area (Å²) in [6.07, 6.45) is 6.27. The number of hydrogen-bond acceptors (Lipinski definition) is 7. The Balaban J connectivity index is 1.12. The number of aromatic nitrogens is 7. The Bertz CT molecular complexity index is 1820. The molecule has 0 unspecified atom stereocenters. The van der Waals surface area contributed by atoms with Gasteiger partial charge in [0.1, 0.15) is 5.75 Å². The number of carbonyl (C=O) groups is 1. The Morgan fingerprint density at radius 1 is 0.854 bits per heavy atom. The van der Waals surface area contributed by atoms with Gasteiger partial charge in [-0.15, -0.1) is 0 Å². The summed E-state index contributed by atoms with van der Waals surface area (Å²) in [5.41, 5.74) is 1.92. The number of alkyl halides is 3. The molecule has 6 rings (SSSR count). The monoisotopic (exact) mass is 557 g/mol. The molecule has 0 spiro atoms. The van der Waals surface area contributed by atoms with Crippen molar-refractivity contribution in [3.05, 3.63) is 104 Å². The average Bonchev–Trinajstić information content (AvgIpc) is 3.65. The van der Waals surface area contributed by atoms with Crippen LogP contribution < -0.4 is 15.4 Å². The molecule has 14 heteroatoms. The van der Waals surface area contributed by atoms with Crippen molar-refractivity contribution in [3.63, 3.8) is 0 Å². The maximum Gasteiger partial charge on any atom is 0.416 e. The lowest BCUT2D eigenvalue weighted by molar-refractivity contribution is -0.137. The summed E-state index contributed by atoms with van der Waals surface area (Å²) in [7, 11) is 0. The second-order valence-electron chi connectivity index (χ2n) is 8.59. The van der Waals surface area contributed by atoms with E-state index in [2.05, 4.69) is 35.8 Å². The third kappa shape index (κ3) is 5.52. The predicted octanol–water partition coefficient (Wildman–Crippen LogP) is 5.83. The molecular formula is C27H18F3N9O2. The second kappa shape index (κ2) is 10.4. The highest BCUT2D eigenvalue weighted by atomic mass is 19.4. The van der Waals surface area contributed by atoms with Gasteiger partial charge in [-0.25, -0.2) is 28.9 Å². The van der Waals surface area contributed by atoms with Crippen LogP contribution in [0.25, 0.3) is 22.5 Å². The smallest absolute Gasteiger partial charge is 0.416 e. The summed E-state index contributed by atoms with van der Waals surface area (Å²) in [5, 5.41) is 13.2. The highest BCUT2D eigenvalue weighted by Crippen LogP contribution is 2.33. The van der Waals surface area contributed by atoms with Crippen molar-refractivity contribution in [1.29, 1.82) is 0 Å². The van der Waals surface area contributed by atoms with Gasteiger partial charge in [-0.2, -0.15) is 23.4 Å². The number of carbonyl (C=O) groups excluding carboxylic acids is 1. The van der Waals surface area contributed by atoms with Gasteiger partial charge in [-0.3, -0.25) is 0 Å². The van der Waals surface area contributed by atoms with E-state index in [9.17, 15) is 18.0 Å². The molecule has 0 atom stereocenters. The van der Waals surface area contributed by atoms with Crippen LogP contribution >= 0.6 is 0 Å². The minimum atomic E-state index is -4.59. The van der Waals surface area contributed by atoms with Crippen molar-refractivity contribution < 1.29 is 22.7 Å². The topological polar surface area (TPSA) is 124 Å². The van der Waals surface area contributed by atoms with Gasteiger partial charge >= 0.3 is 18.2 Å². The number of benzene rings is 2. The number of anilines is 2. The Labute approximate surface area is 229 Å². The largest absolute Gasteiger partial charge is 0.424 e. The van der Waals surface area contributed by atoms with Gasteiger partial charge in [0, 0.05) is 30.4 Å². The van der Waals surface area contributed by atoms with Crippen LogP contribution in [0.3, 0.4) is 0 Å². The van der Waals surface area contributed by atoms with Crippen LogP contribution in [0.5, 0.6) is 11.8 Å². The Morgan fingerprint density at radius 3 is 2.37 bits per heavy atom. The minimum absolute atomic E-state index is 0.0280. The minimum Gasteiger partial charge on any atom is -0.424 e. The zero-order valence-corrected chi connectivity index (χ0v) is 20.8. The molecule has 0 aliphatic rings. The molecule has 41 heavy (non-hydrogen) atoms. The second-order valence-corrected chi connectivity index (χ2v) is 8.59. The Morgan fingerprint density at radius 2 is 1.63 bits per heavy atom. The van der Waals surface area contributed by atoms with Gasteiger partial charge in [0.2, 0.25) is 0 Å². The number of fused-ring (bicyclic) bond motifs is 1. The zero-order valence-electron chi connectivity index (χ0n) is 20.8. The van der Waals surface area contributed by atoms with Crippen molar-refractivity contribution >= 4 is 23.1 Å². The molecule has 11 nitrogen and oxygen atoms in total. The Kier molecular flexibility index (Phi) is 6.47. The van der Waals surface area contributed by atoms with E-state index in [0.29, 0.717) is 5.75 Å². The molecule has 4 heterocycles. The highest BCUT2D eigenvalue weighted by Gasteiger charge is 2.31. The molecule has 0 saturated heterocycles. The summed E-state index contributed by atoms with van der Waals surface area (Å²) in [4.78, 5) is 25.2. The van der Waals surface area contributed by atoms with E-state index in [0.717, 1.165) is 28.9 Å². The van der Waals surface area contributed by atoms with Gasteiger partial charge < -0.3 is 15.4 Å². The molecule has 0 bridgehead atoms. The van der Waals surface area contributed by atoms with Crippen LogP contribution in [-0.2, 0) is 6.18 Å². The number of hydrogen-bond donors (Lipinski definition) is 2. The first-order valence-corrected chi connectivity index (χ1v) is 12.0. The van der Waals surface area contributed by atoms with Crippen molar-refractivity contribution in [3.8, 4) is 28.6 Å². The molecule has 0 radical (unpaired) electrons. The fourth-order valence-corrected chi connectivity index (χ4v) is 3.98. The zero-order chi connectivity index (χ0) is 28.4. The van der Waals surface area contributed by atoms with E-state index in [1.54, 1.807) is 47.4 Å². The van der Waals surface area contributed by atoms with Gasteiger partial charge in [-0.1, -0.05) is 12.1 Å². The van der Waals surface area contributed by atoms with Crippen molar-refractivity contribution in [2.45, 2.75) is 6.18 Å². The predicted molar refractivity (Wildman–Crippen MR) is 142 cm³/mol. The molecule has 0 fully saturated rings. The number of amides is 2. The van der Waals surface area contributed by atoms with E-state index < -0.39 is 17.8 Å². The fourth-order valence-electron chi connectivity index (χ4n) is 3.98. The normalized spacial score (nSPS) is 11.4. The first-order valence-electron chi connectivity index (χ1n) is 12.0. The maximum atomic E-state index is 13.3.